The van der Waals surface area contributed by atoms with E-state index in [1.165, 1.54) is 13.1 Å². The molecule has 1 aliphatic heterocycles. The molecule has 2 atom stereocenters. The molecule has 7 nitrogen and oxygen atoms in total. The maximum absolute atomic E-state index is 12.2. The zero-order chi connectivity index (χ0) is 15.6. The summed E-state index contributed by atoms with van der Waals surface area (Å²) in [5, 5.41) is 0. The van der Waals surface area contributed by atoms with Crippen molar-refractivity contribution in [3.63, 3.8) is 0 Å². The van der Waals surface area contributed by atoms with Gasteiger partial charge in [-0.1, -0.05) is 0 Å². The number of rotatable bonds is 5. The Kier molecular flexibility index (Phi) is 4.72. The van der Waals surface area contributed by atoms with Crippen LogP contribution >= 0.6 is 0 Å². The molecule has 2 rings (SSSR count). The van der Waals surface area contributed by atoms with E-state index >= 15 is 0 Å². The largest absolute Gasteiger partial charge is 0.399 e. The number of anilines is 2. The third kappa shape index (κ3) is 3.13. The lowest BCUT2D eigenvalue weighted by Crippen LogP contribution is -2.27. The predicted octanol–water partition coefficient (Wildman–Crippen LogP) is 0.0269. The second-order valence-electron chi connectivity index (χ2n) is 4.89. The van der Waals surface area contributed by atoms with Gasteiger partial charge in [-0.3, -0.25) is 0 Å². The summed E-state index contributed by atoms with van der Waals surface area (Å²) in [6.07, 6.45) is -0.199. The van der Waals surface area contributed by atoms with E-state index in [9.17, 15) is 8.42 Å². The van der Waals surface area contributed by atoms with E-state index in [4.69, 9.17) is 15.2 Å². The van der Waals surface area contributed by atoms with Crippen LogP contribution in [-0.2, 0) is 19.5 Å². The van der Waals surface area contributed by atoms with Gasteiger partial charge in [-0.2, -0.15) is 0 Å². The molecule has 8 heteroatoms. The Hall–Kier alpha value is -1.35. The summed E-state index contributed by atoms with van der Waals surface area (Å²) >= 11 is 0. The first-order chi connectivity index (χ1) is 9.92. The lowest BCUT2D eigenvalue weighted by molar-refractivity contribution is -0.00461. The molecule has 1 aliphatic rings. The summed E-state index contributed by atoms with van der Waals surface area (Å²) in [6, 6.07) is 4.86. The second kappa shape index (κ2) is 6.18. The molecule has 1 aromatic carbocycles. The Morgan fingerprint density at radius 2 is 1.81 bits per heavy atom. The van der Waals surface area contributed by atoms with Crippen molar-refractivity contribution in [3.8, 4) is 0 Å². The Bertz CT molecular complexity index is 593. The van der Waals surface area contributed by atoms with Crippen LogP contribution in [0.5, 0.6) is 0 Å². The highest BCUT2D eigenvalue weighted by atomic mass is 32.2. The van der Waals surface area contributed by atoms with Crippen LogP contribution in [0.15, 0.2) is 23.1 Å². The number of ether oxygens (including phenoxy) is 2. The van der Waals surface area contributed by atoms with Crippen LogP contribution in [0.1, 0.15) is 0 Å². The van der Waals surface area contributed by atoms with Crippen LogP contribution in [0.25, 0.3) is 0 Å². The van der Waals surface area contributed by atoms with Crippen molar-refractivity contribution in [3.05, 3.63) is 18.2 Å². The number of nitrogen functional groups attached to an aromatic ring is 1. The predicted molar refractivity (Wildman–Crippen MR) is 80.9 cm³/mol. The van der Waals surface area contributed by atoms with Crippen LogP contribution in [0.3, 0.4) is 0 Å². The Morgan fingerprint density at radius 1 is 1.24 bits per heavy atom. The van der Waals surface area contributed by atoms with Crippen LogP contribution in [-0.4, -0.2) is 55.0 Å². The third-order valence-electron chi connectivity index (χ3n) is 3.70. The van der Waals surface area contributed by atoms with Crippen molar-refractivity contribution in [1.29, 1.82) is 0 Å². The molecule has 0 bridgehead atoms. The first kappa shape index (κ1) is 16.0. The molecule has 1 heterocycles. The molecule has 0 spiro atoms. The van der Waals surface area contributed by atoms with Gasteiger partial charge in [0, 0.05) is 33.0 Å². The molecule has 0 amide bonds. The Labute approximate surface area is 125 Å². The summed E-state index contributed by atoms with van der Waals surface area (Å²) in [7, 11) is 1.03. The molecule has 2 unspecified atom stereocenters. The van der Waals surface area contributed by atoms with Crippen LogP contribution in [0, 0.1) is 0 Å². The molecular formula is C13H21N3O4S. The maximum Gasteiger partial charge on any atom is 0.242 e. The number of nitrogens with two attached hydrogens (primary N) is 1. The lowest BCUT2D eigenvalue weighted by Gasteiger charge is -2.21. The fraction of sp³-hybridized carbons (Fsp3) is 0.538. The standard InChI is InChI=1S/C13H21N3O4S/c1-15-21(17,18)13-6-9(14)4-5-10(13)16-7-11(19-2)12(8-16)20-3/h4-6,11-12,15H,7-8,14H2,1-3H3. The van der Waals surface area contributed by atoms with E-state index < -0.39 is 10.0 Å². The van der Waals surface area contributed by atoms with E-state index in [1.54, 1.807) is 26.4 Å². The zero-order valence-electron chi connectivity index (χ0n) is 12.4. The van der Waals surface area contributed by atoms with Gasteiger partial charge in [0.15, 0.2) is 0 Å². The van der Waals surface area contributed by atoms with Crippen molar-refractivity contribution < 1.29 is 17.9 Å². The Balaban J connectivity index is 2.41. The van der Waals surface area contributed by atoms with Gasteiger partial charge in [0.25, 0.3) is 0 Å². The van der Waals surface area contributed by atoms with Crippen molar-refractivity contribution in [2.24, 2.45) is 0 Å². The number of hydrogen-bond donors (Lipinski definition) is 2. The van der Waals surface area contributed by atoms with Crippen LogP contribution < -0.4 is 15.4 Å². The number of methoxy groups -OCH3 is 2. The first-order valence-corrected chi connectivity index (χ1v) is 8.05. The molecule has 3 N–H and O–H groups in total. The monoisotopic (exact) mass is 315 g/mol. The van der Waals surface area contributed by atoms with E-state index in [2.05, 4.69) is 4.72 Å². The van der Waals surface area contributed by atoms with Crippen molar-refractivity contribution in [2.75, 3.05) is 45.0 Å². The molecule has 1 fully saturated rings. The number of nitrogens with one attached hydrogen (secondary N) is 1. The smallest absolute Gasteiger partial charge is 0.242 e. The normalized spacial score (nSPS) is 22.7. The molecular weight excluding hydrogens is 294 g/mol. The van der Waals surface area contributed by atoms with Crippen LogP contribution in [0.2, 0.25) is 0 Å². The molecule has 1 saturated heterocycles. The SMILES string of the molecule is CNS(=O)(=O)c1cc(N)ccc1N1CC(OC)C(OC)C1. The van der Waals surface area contributed by atoms with Crippen molar-refractivity contribution in [2.45, 2.75) is 17.1 Å². The minimum atomic E-state index is -3.59. The third-order valence-corrected chi connectivity index (χ3v) is 5.15. The average molecular weight is 315 g/mol. The highest BCUT2D eigenvalue weighted by Crippen LogP contribution is 2.31. The number of benzene rings is 1. The van der Waals surface area contributed by atoms with Crippen LogP contribution in [0.4, 0.5) is 11.4 Å². The fourth-order valence-corrected chi connectivity index (χ4v) is 3.49. The second-order valence-corrected chi connectivity index (χ2v) is 6.74. The Morgan fingerprint density at radius 3 is 2.29 bits per heavy atom. The van der Waals surface area contributed by atoms with Crippen molar-refractivity contribution in [1.82, 2.24) is 4.72 Å². The summed E-state index contributed by atoms with van der Waals surface area (Å²) in [6.45, 7) is 1.12. The summed E-state index contributed by atoms with van der Waals surface area (Å²) in [4.78, 5) is 2.10. The fourth-order valence-electron chi connectivity index (χ4n) is 2.51. The highest BCUT2D eigenvalue weighted by Gasteiger charge is 2.35. The summed E-state index contributed by atoms with van der Waals surface area (Å²) in [5.74, 6) is 0. The minimum Gasteiger partial charge on any atom is -0.399 e. The lowest BCUT2D eigenvalue weighted by atomic mass is 10.2. The molecule has 0 aliphatic carbocycles. The molecule has 0 radical (unpaired) electrons. The maximum atomic E-state index is 12.2. The first-order valence-electron chi connectivity index (χ1n) is 6.56. The van der Waals surface area contributed by atoms with Gasteiger partial charge < -0.3 is 20.1 Å². The topological polar surface area (TPSA) is 93.9 Å². The molecule has 118 valence electrons. The molecule has 1 aromatic rings. The molecule has 0 aromatic heterocycles. The van der Waals surface area contributed by atoms with Crippen molar-refractivity contribution >= 4 is 21.4 Å². The van der Waals surface area contributed by atoms with Gasteiger partial charge in [0.1, 0.15) is 17.1 Å². The van der Waals surface area contributed by atoms with E-state index in [0.717, 1.165) is 0 Å². The van der Waals surface area contributed by atoms with E-state index in [0.29, 0.717) is 24.5 Å². The van der Waals surface area contributed by atoms with Gasteiger partial charge in [-0.25, -0.2) is 13.1 Å². The number of sulfonamides is 1. The number of hydrogen-bond acceptors (Lipinski definition) is 6. The number of nitrogens with zero attached hydrogens (tertiary/aromatic N) is 1. The van der Waals surface area contributed by atoms with Gasteiger partial charge >= 0.3 is 0 Å². The molecule has 0 saturated carbocycles. The summed E-state index contributed by atoms with van der Waals surface area (Å²) in [5.41, 5.74) is 6.72. The van der Waals surface area contributed by atoms with Gasteiger partial charge in [0.2, 0.25) is 10.0 Å². The van der Waals surface area contributed by atoms with E-state index in [-0.39, 0.29) is 17.1 Å². The quantitative estimate of drug-likeness (QED) is 0.745. The van der Waals surface area contributed by atoms with E-state index in [1.807, 2.05) is 4.90 Å². The average Bonchev–Trinajstić information content (AvgIpc) is 2.90. The minimum absolute atomic E-state index is 0.0994. The zero-order valence-corrected chi connectivity index (χ0v) is 13.2. The highest BCUT2D eigenvalue weighted by molar-refractivity contribution is 7.89. The van der Waals surface area contributed by atoms with Gasteiger partial charge in [-0.05, 0) is 25.2 Å². The molecule has 21 heavy (non-hydrogen) atoms. The van der Waals surface area contributed by atoms with Gasteiger partial charge in [-0.15, -0.1) is 0 Å². The van der Waals surface area contributed by atoms with Gasteiger partial charge in [0.05, 0.1) is 5.69 Å². The summed E-state index contributed by atoms with van der Waals surface area (Å²) < 4.78 is 37.5.